The first-order chi connectivity index (χ1) is 6.58. The molecule has 0 saturated heterocycles. The lowest BCUT2D eigenvalue weighted by molar-refractivity contribution is 0.144. The van der Waals surface area contributed by atoms with Gasteiger partial charge in [-0.05, 0) is 15.9 Å². The number of nitrogens with one attached hydrogen (secondary N) is 1. The molecule has 4 nitrogen and oxygen atoms in total. The van der Waals surface area contributed by atoms with Crippen LogP contribution in [0.3, 0.4) is 0 Å². The first-order valence-electron chi connectivity index (χ1n) is 4.67. The fraction of sp³-hybridized carbons (Fsp3) is 0.667. The molecule has 1 aromatic rings. The SMILES string of the molecule is CC(C)NCC(O)Cn1cc(Br)cn1. The maximum absolute atomic E-state index is 9.62. The van der Waals surface area contributed by atoms with E-state index in [0.717, 1.165) is 4.47 Å². The smallest absolute Gasteiger partial charge is 0.0860 e. The molecule has 0 aliphatic carbocycles. The summed E-state index contributed by atoms with van der Waals surface area (Å²) < 4.78 is 2.65. The van der Waals surface area contributed by atoms with Crippen LogP contribution in [0.4, 0.5) is 0 Å². The molecule has 0 bridgehead atoms. The topological polar surface area (TPSA) is 50.1 Å². The Hall–Kier alpha value is -0.390. The molecule has 0 aliphatic heterocycles. The number of halogens is 1. The van der Waals surface area contributed by atoms with Crippen molar-refractivity contribution < 1.29 is 5.11 Å². The van der Waals surface area contributed by atoms with Gasteiger partial charge in [-0.2, -0.15) is 5.10 Å². The molecule has 5 heteroatoms. The lowest BCUT2D eigenvalue weighted by Gasteiger charge is -2.13. The molecule has 14 heavy (non-hydrogen) atoms. The van der Waals surface area contributed by atoms with Crippen LogP contribution < -0.4 is 5.32 Å². The van der Waals surface area contributed by atoms with Gasteiger partial charge in [-0.3, -0.25) is 4.68 Å². The van der Waals surface area contributed by atoms with Gasteiger partial charge in [0.15, 0.2) is 0 Å². The summed E-state index contributed by atoms with van der Waals surface area (Å²) in [6.07, 6.45) is 3.16. The average molecular weight is 262 g/mol. The highest BCUT2D eigenvalue weighted by atomic mass is 79.9. The Balaban J connectivity index is 2.30. The molecule has 0 aliphatic rings. The standard InChI is InChI=1S/C9H16BrN3O/c1-7(2)11-4-9(14)6-13-5-8(10)3-12-13/h3,5,7,9,11,14H,4,6H2,1-2H3. The van der Waals surface area contributed by atoms with Gasteiger partial charge in [0, 0.05) is 18.8 Å². The van der Waals surface area contributed by atoms with Crippen LogP contribution in [0.15, 0.2) is 16.9 Å². The lowest BCUT2D eigenvalue weighted by Crippen LogP contribution is -2.34. The Morgan fingerprint density at radius 2 is 2.36 bits per heavy atom. The number of aromatic nitrogens is 2. The molecular weight excluding hydrogens is 246 g/mol. The summed E-state index contributed by atoms with van der Waals surface area (Å²) in [5.41, 5.74) is 0. The molecule has 1 unspecified atom stereocenters. The maximum atomic E-state index is 9.62. The largest absolute Gasteiger partial charge is 0.390 e. The summed E-state index contributed by atoms with van der Waals surface area (Å²) in [6.45, 7) is 5.22. The van der Waals surface area contributed by atoms with Gasteiger partial charge in [0.05, 0.1) is 23.3 Å². The molecule has 0 saturated carbocycles. The average Bonchev–Trinajstić information content (AvgIpc) is 2.48. The zero-order chi connectivity index (χ0) is 10.6. The monoisotopic (exact) mass is 261 g/mol. The van der Waals surface area contributed by atoms with Crippen LogP contribution in [0, 0.1) is 0 Å². The van der Waals surface area contributed by atoms with Crippen molar-refractivity contribution in [2.24, 2.45) is 0 Å². The van der Waals surface area contributed by atoms with Gasteiger partial charge in [0.2, 0.25) is 0 Å². The van der Waals surface area contributed by atoms with Crippen molar-refractivity contribution in [3.8, 4) is 0 Å². The van der Waals surface area contributed by atoms with Gasteiger partial charge >= 0.3 is 0 Å². The molecule has 0 fully saturated rings. The van der Waals surface area contributed by atoms with E-state index in [1.807, 2.05) is 6.20 Å². The van der Waals surface area contributed by atoms with E-state index in [-0.39, 0.29) is 0 Å². The minimum atomic E-state index is -0.399. The second-order valence-electron chi connectivity index (χ2n) is 3.60. The van der Waals surface area contributed by atoms with Crippen LogP contribution in [0.1, 0.15) is 13.8 Å². The minimum Gasteiger partial charge on any atom is -0.390 e. The highest BCUT2D eigenvalue weighted by Crippen LogP contribution is 2.06. The summed E-state index contributed by atoms with van der Waals surface area (Å²) in [7, 11) is 0. The normalized spacial score (nSPS) is 13.5. The number of rotatable bonds is 5. The first kappa shape index (κ1) is 11.7. The molecule has 0 amide bonds. The molecule has 1 heterocycles. The third-order valence-corrected chi connectivity index (χ3v) is 2.17. The Morgan fingerprint density at radius 3 is 2.86 bits per heavy atom. The number of hydrogen-bond donors (Lipinski definition) is 2. The molecular formula is C9H16BrN3O. The van der Waals surface area contributed by atoms with Crippen molar-refractivity contribution in [3.05, 3.63) is 16.9 Å². The maximum Gasteiger partial charge on any atom is 0.0860 e. The van der Waals surface area contributed by atoms with Gasteiger partial charge in [-0.15, -0.1) is 0 Å². The van der Waals surface area contributed by atoms with Crippen LogP contribution in [-0.4, -0.2) is 33.6 Å². The molecule has 0 radical (unpaired) electrons. The predicted octanol–water partition coefficient (Wildman–Crippen LogP) is 1.00. The molecule has 1 atom stereocenters. The van der Waals surface area contributed by atoms with Crippen LogP contribution in [0.5, 0.6) is 0 Å². The zero-order valence-corrected chi connectivity index (χ0v) is 10.0. The summed E-state index contributed by atoms with van der Waals surface area (Å²) in [6, 6.07) is 0.397. The van der Waals surface area contributed by atoms with E-state index in [9.17, 15) is 5.11 Å². The van der Waals surface area contributed by atoms with Crippen molar-refractivity contribution >= 4 is 15.9 Å². The summed E-state index contributed by atoms with van der Waals surface area (Å²) in [4.78, 5) is 0. The van der Waals surface area contributed by atoms with Crippen molar-refractivity contribution in [2.75, 3.05) is 6.54 Å². The fourth-order valence-corrected chi connectivity index (χ4v) is 1.42. The third kappa shape index (κ3) is 4.21. The highest BCUT2D eigenvalue weighted by molar-refractivity contribution is 9.10. The van der Waals surface area contributed by atoms with Crippen LogP contribution in [-0.2, 0) is 6.54 Å². The van der Waals surface area contributed by atoms with Crippen molar-refractivity contribution in [2.45, 2.75) is 32.5 Å². The van der Waals surface area contributed by atoms with Crippen LogP contribution >= 0.6 is 15.9 Å². The minimum absolute atomic E-state index is 0.397. The molecule has 1 aromatic heterocycles. The van der Waals surface area contributed by atoms with E-state index in [0.29, 0.717) is 19.1 Å². The van der Waals surface area contributed by atoms with Crippen molar-refractivity contribution in [3.63, 3.8) is 0 Å². The molecule has 0 spiro atoms. The number of aliphatic hydroxyl groups excluding tert-OH is 1. The van der Waals surface area contributed by atoms with E-state index in [4.69, 9.17) is 0 Å². The number of hydrogen-bond acceptors (Lipinski definition) is 3. The Labute approximate surface area is 92.4 Å². The van der Waals surface area contributed by atoms with E-state index in [1.54, 1.807) is 10.9 Å². The van der Waals surface area contributed by atoms with E-state index in [2.05, 4.69) is 40.2 Å². The van der Waals surface area contributed by atoms with Gasteiger partial charge in [-0.1, -0.05) is 13.8 Å². The van der Waals surface area contributed by atoms with E-state index >= 15 is 0 Å². The summed E-state index contributed by atoms with van der Waals surface area (Å²) in [5.74, 6) is 0. The van der Waals surface area contributed by atoms with Gasteiger partial charge < -0.3 is 10.4 Å². The van der Waals surface area contributed by atoms with E-state index in [1.165, 1.54) is 0 Å². The lowest BCUT2D eigenvalue weighted by atomic mass is 10.3. The van der Waals surface area contributed by atoms with Gasteiger partial charge in [0.1, 0.15) is 0 Å². The Kier molecular flexibility index (Phi) is 4.57. The quantitative estimate of drug-likeness (QED) is 0.832. The molecule has 0 aromatic carbocycles. The number of nitrogens with zero attached hydrogens (tertiary/aromatic N) is 2. The second kappa shape index (κ2) is 5.48. The van der Waals surface area contributed by atoms with Crippen molar-refractivity contribution in [1.29, 1.82) is 0 Å². The second-order valence-corrected chi connectivity index (χ2v) is 4.51. The molecule has 1 rings (SSSR count). The summed E-state index contributed by atoms with van der Waals surface area (Å²) >= 11 is 3.30. The van der Waals surface area contributed by atoms with Gasteiger partial charge in [0.25, 0.3) is 0 Å². The predicted molar refractivity (Wildman–Crippen MR) is 59.1 cm³/mol. The van der Waals surface area contributed by atoms with Gasteiger partial charge in [-0.25, -0.2) is 0 Å². The molecule has 80 valence electrons. The number of aliphatic hydroxyl groups is 1. The van der Waals surface area contributed by atoms with Crippen molar-refractivity contribution in [1.82, 2.24) is 15.1 Å². The van der Waals surface area contributed by atoms with Crippen LogP contribution in [0.2, 0.25) is 0 Å². The zero-order valence-electron chi connectivity index (χ0n) is 8.44. The first-order valence-corrected chi connectivity index (χ1v) is 5.46. The van der Waals surface area contributed by atoms with E-state index < -0.39 is 6.10 Å². The Bertz CT molecular complexity index is 275. The molecule has 2 N–H and O–H groups in total. The highest BCUT2D eigenvalue weighted by Gasteiger charge is 2.06. The summed E-state index contributed by atoms with van der Waals surface area (Å²) in [5, 5.41) is 16.9. The Morgan fingerprint density at radius 1 is 1.64 bits per heavy atom. The van der Waals surface area contributed by atoms with Crippen LogP contribution in [0.25, 0.3) is 0 Å². The third-order valence-electron chi connectivity index (χ3n) is 1.76. The fourth-order valence-electron chi connectivity index (χ4n) is 1.09.